The first-order valence-corrected chi connectivity index (χ1v) is 10.6. The molecule has 0 N–H and O–H groups in total. The Morgan fingerprint density at radius 3 is 2.27 bits per heavy atom. The van der Waals surface area contributed by atoms with Crippen molar-refractivity contribution in [3.63, 3.8) is 0 Å². The summed E-state index contributed by atoms with van der Waals surface area (Å²) < 4.78 is 64.5. The lowest BCUT2D eigenvalue weighted by atomic mass is 9.79. The molecule has 2 fully saturated rings. The fourth-order valence-corrected chi connectivity index (χ4v) is 4.22. The lowest BCUT2D eigenvalue weighted by Crippen LogP contribution is -2.57. The van der Waals surface area contributed by atoms with Gasteiger partial charge in [-0.15, -0.1) is 0 Å². The summed E-state index contributed by atoms with van der Waals surface area (Å²) in [5.41, 5.74) is 1.29. The number of nitrogens with zero attached hydrogens (tertiary/aromatic N) is 8. The van der Waals surface area contributed by atoms with Crippen LogP contribution in [0, 0.1) is 5.41 Å². The van der Waals surface area contributed by atoms with Crippen LogP contribution in [0.25, 0.3) is 11.2 Å². The minimum atomic E-state index is -4.56. The van der Waals surface area contributed by atoms with Gasteiger partial charge in [0.1, 0.15) is 17.9 Å². The lowest BCUT2D eigenvalue weighted by Gasteiger charge is -2.49. The molecule has 8 nitrogen and oxygen atoms in total. The quantitative estimate of drug-likeness (QED) is 0.539. The molecular weight excluding hydrogens is 447 g/mol. The highest BCUT2D eigenvalue weighted by atomic mass is 19.4. The van der Waals surface area contributed by atoms with E-state index in [1.54, 1.807) is 6.20 Å². The molecule has 0 atom stereocenters. The average Bonchev–Trinajstić information content (AvgIpc) is 3.38. The summed E-state index contributed by atoms with van der Waals surface area (Å²) in [5.74, 6) is -0.560. The highest BCUT2D eigenvalue weighted by molar-refractivity contribution is 5.71. The Kier molecular flexibility index (Phi) is 6.06. The molecule has 0 saturated carbocycles. The van der Waals surface area contributed by atoms with Crippen molar-refractivity contribution in [3.8, 4) is 0 Å². The maximum absolute atomic E-state index is 12.8. The number of halogens is 5. The third-order valence-electron chi connectivity index (χ3n) is 5.72. The van der Waals surface area contributed by atoms with Crippen LogP contribution in [0.1, 0.15) is 26.1 Å². The minimum Gasteiger partial charge on any atom is -0.368 e. The van der Waals surface area contributed by atoms with Crippen molar-refractivity contribution in [3.05, 3.63) is 30.6 Å². The van der Waals surface area contributed by atoms with Crippen LogP contribution in [-0.2, 0) is 12.7 Å². The molecule has 2 aliphatic heterocycles. The second-order valence-corrected chi connectivity index (χ2v) is 7.95. The van der Waals surface area contributed by atoms with Crippen LogP contribution in [0.2, 0.25) is 0 Å². The standard InChI is InChI=1S/C18H17F5N8.C2H6/c19-13(20)7-31-15-12(5-27-31)24-6-14(28-15)29-2-1-17(8-29)9-30(10-17)11-3-25-16(26-4-11)18(21,22)23;1-2/h3-6,13H,1-2,7-10H2;1-2H3. The van der Waals surface area contributed by atoms with Gasteiger partial charge in [-0.2, -0.15) is 18.3 Å². The average molecular weight is 470 g/mol. The number of hydrogen-bond acceptors (Lipinski definition) is 7. The molecule has 5 rings (SSSR count). The fraction of sp³-hybridized carbons (Fsp3) is 0.550. The van der Waals surface area contributed by atoms with E-state index in [1.807, 2.05) is 23.6 Å². The van der Waals surface area contributed by atoms with Gasteiger partial charge in [-0.25, -0.2) is 33.4 Å². The Hall–Kier alpha value is -3.12. The van der Waals surface area contributed by atoms with E-state index in [0.29, 0.717) is 42.3 Å². The molecular formula is C20H23F5N8. The molecule has 5 heterocycles. The number of hydrogen-bond donors (Lipinski definition) is 0. The van der Waals surface area contributed by atoms with Crippen molar-refractivity contribution in [2.75, 3.05) is 36.0 Å². The van der Waals surface area contributed by atoms with Crippen LogP contribution in [0.4, 0.5) is 33.5 Å². The summed E-state index contributed by atoms with van der Waals surface area (Å²) in [6, 6.07) is 0. The zero-order valence-electron chi connectivity index (χ0n) is 18.1. The van der Waals surface area contributed by atoms with Crippen LogP contribution < -0.4 is 9.80 Å². The van der Waals surface area contributed by atoms with E-state index in [2.05, 4.69) is 25.0 Å². The smallest absolute Gasteiger partial charge is 0.368 e. The second-order valence-electron chi connectivity index (χ2n) is 7.95. The van der Waals surface area contributed by atoms with Crippen molar-refractivity contribution in [2.45, 2.75) is 39.4 Å². The molecule has 0 bridgehead atoms. The summed E-state index contributed by atoms with van der Waals surface area (Å²) >= 11 is 0. The molecule has 3 aromatic heterocycles. The van der Waals surface area contributed by atoms with Crippen molar-refractivity contribution in [2.24, 2.45) is 5.41 Å². The lowest BCUT2D eigenvalue weighted by molar-refractivity contribution is -0.145. The van der Waals surface area contributed by atoms with Gasteiger partial charge in [-0.05, 0) is 6.42 Å². The summed E-state index contributed by atoms with van der Waals surface area (Å²) in [6.45, 7) is 6.19. The summed E-state index contributed by atoms with van der Waals surface area (Å²) in [4.78, 5) is 19.6. The van der Waals surface area contributed by atoms with Crippen LogP contribution in [-0.4, -0.2) is 62.3 Å². The van der Waals surface area contributed by atoms with Crippen LogP contribution in [0.5, 0.6) is 0 Å². The SMILES string of the molecule is CC.FC(F)Cn1ncc2ncc(N3CCC4(CN(c5cnc(C(F)(F)F)nc5)C4)C3)nc21. The highest BCUT2D eigenvalue weighted by Crippen LogP contribution is 2.42. The van der Waals surface area contributed by atoms with Crippen LogP contribution in [0.15, 0.2) is 24.8 Å². The fourth-order valence-electron chi connectivity index (χ4n) is 4.22. The van der Waals surface area contributed by atoms with E-state index >= 15 is 0 Å². The molecule has 3 aromatic rings. The van der Waals surface area contributed by atoms with E-state index in [-0.39, 0.29) is 5.41 Å². The van der Waals surface area contributed by atoms with Gasteiger partial charge in [-0.1, -0.05) is 13.8 Å². The predicted molar refractivity (Wildman–Crippen MR) is 111 cm³/mol. The van der Waals surface area contributed by atoms with E-state index in [1.165, 1.54) is 18.6 Å². The largest absolute Gasteiger partial charge is 0.451 e. The third kappa shape index (κ3) is 4.53. The second kappa shape index (κ2) is 8.67. The monoisotopic (exact) mass is 470 g/mol. The Morgan fingerprint density at radius 1 is 0.970 bits per heavy atom. The number of anilines is 2. The van der Waals surface area contributed by atoms with Gasteiger partial charge in [0.15, 0.2) is 5.65 Å². The molecule has 0 radical (unpaired) electrons. The molecule has 2 saturated heterocycles. The maximum Gasteiger partial charge on any atom is 0.451 e. The van der Waals surface area contributed by atoms with Gasteiger partial charge >= 0.3 is 6.18 Å². The van der Waals surface area contributed by atoms with Gasteiger partial charge in [0.05, 0.1) is 30.5 Å². The number of rotatable bonds is 4. The van der Waals surface area contributed by atoms with Gasteiger partial charge in [0.25, 0.3) is 6.43 Å². The molecule has 2 aliphatic rings. The van der Waals surface area contributed by atoms with Gasteiger partial charge in [0, 0.05) is 31.6 Å². The normalized spacial score (nSPS) is 17.5. The van der Waals surface area contributed by atoms with E-state index < -0.39 is 25.0 Å². The summed E-state index contributed by atoms with van der Waals surface area (Å²) in [6.07, 6.45) is -0.822. The Morgan fingerprint density at radius 2 is 1.64 bits per heavy atom. The molecule has 0 aliphatic carbocycles. The first kappa shape index (κ1) is 23.1. The van der Waals surface area contributed by atoms with Crippen molar-refractivity contribution in [1.29, 1.82) is 0 Å². The van der Waals surface area contributed by atoms with Gasteiger partial charge in [0.2, 0.25) is 5.82 Å². The third-order valence-corrected chi connectivity index (χ3v) is 5.72. The van der Waals surface area contributed by atoms with Crippen LogP contribution >= 0.6 is 0 Å². The van der Waals surface area contributed by atoms with Gasteiger partial charge in [-0.3, -0.25) is 0 Å². The first-order chi connectivity index (χ1) is 15.7. The molecule has 0 unspecified atom stereocenters. The Balaban J connectivity index is 0.00000126. The first-order valence-electron chi connectivity index (χ1n) is 10.6. The zero-order chi connectivity index (χ0) is 23.8. The molecule has 0 aromatic carbocycles. The van der Waals surface area contributed by atoms with E-state index in [0.717, 1.165) is 17.6 Å². The summed E-state index contributed by atoms with van der Waals surface area (Å²) in [5, 5.41) is 3.93. The molecule has 178 valence electrons. The Bertz CT molecular complexity index is 1090. The molecule has 0 amide bonds. The predicted octanol–water partition coefficient (Wildman–Crippen LogP) is 3.64. The highest BCUT2D eigenvalue weighted by Gasteiger charge is 2.48. The Labute approximate surface area is 186 Å². The molecule has 1 spiro atoms. The molecule has 33 heavy (non-hydrogen) atoms. The minimum absolute atomic E-state index is 0.0252. The van der Waals surface area contributed by atoms with E-state index in [9.17, 15) is 22.0 Å². The van der Waals surface area contributed by atoms with Crippen molar-refractivity contribution >= 4 is 22.7 Å². The zero-order valence-corrected chi connectivity index (χ0v) is 18.1. The van der Waals surface area contributed by atoms with Crippen molar-refractivity contribution < 1.29 is 22.0 Å². The number of aromatic nitrogens is 6. The van der Waals surface area contributed by atoms with Crippen molar-refractivity contribution in [1.82, 2.24) is 29.7 Å². The van der Waals surface area contributed by atoms with Crippen LogP contribution in [0.3, 0.4) is 0 Å². The maximum atomic E-state index is 12.8. The number of alkyl halides is 5. The summed E-state index contributed by atoms with van der Waals surface area (Å²) in [7, 11) is 0. The molecule has 13 heteroatoms. The van der Waals surface area contributed by atoms with Gasteiger partial charge < -0.3 is 9.80 Å². The van der Waals surface area contributed by atoms with E-state index in [4.69, 9.17) is 0 Å². The number of fused-ring (bicyclic) bond motifs is 1. The topological polar surface area (TPSA) is 75.9 Å².